The zero-order valence-corrected chi connectivity index (χ0v) is 13.2. The minimum atomic E-state index is 0.123. The number of carbonyl (C=O) groups is 1. The summed E-state index contributed by atoms with van der Waals surface area (Å²) in [5, 5.41) is 2.97. The third kappa shape index (κ3) is 3.26. The van der Waals surface area contributed by atoms with Crippen molar-refractivity contribution >= 4 is 49.1 Å². The predicted octanol–water partition coefficient (Wildman–Crippen LogP) is 4.31. The fourth-order valence-corrected chi connectivity index (χ4v) is 3.45. The number of amides is 1. The lowest BCUT2D eigenvalue weighted by atomic mass is 9.88. The quantitative estimate of drug-likeness (QED) is 0.756. The highest BCUT2D eigenvalue weighted by Crippen LogP contribution is 2.32. The molecule has 1 aromatic rings. The lowest BCUT2D eigenvalue weighted by Crippen LogP contribution is -2.24. The van der Waals surface area contributed by atoms with Crippen LogP contribution in [0, 0.1) is 5.92 Å². The zero-order valence-electron chi connectivity index (χ0n) is 10.0. The van der Waals surface area contributed by atoms with E-state index in [0.29, 0.717) is 5.69 Å². The van der Waals surface area contributed by atoms with Crippen molar-refractivity contribution in [1.29, 1.82) is 0 Å². The van der Waals surface area contributed by atoms with E-state index in [2.05, 4.69) is 37.2 Å². The van der Waals surface area contributed by atoms with Gasteiger partial charge in [0, 0.05) is 20.6 Å². The Labute approximate surface area is 124 Å². The van der Waals surface area contributed by atoms with Crippen LogP contribution in [0.3, 0.4) is 0 Å². The summed E-state index contributed by atoms with van der Waals surface area (Å²) in [5.74, 6) is 0.284. The van der Waals surface area contributed by atoms with E-state index in [1.54, 1.807) is 0 Å². The Balaban J connectivity index is 2.06. The minimum Gasteiger partial charge on any atom is -0.397 e. The number of hydrogen-bond acceptors (Lipinski definition) is 2. The van der Waals surface area contributed by atoms with Gasteiger partial charge in [-0.25, -0.2) is 0 Å². The van der Waals surface area contributed by atoms with Crippen LogP contribution in [-0.2, 0) is 4.79 Å². The summed E-state index contributed by atoms with van der Waals surface area (Å²) in [4.78, 5) is 12.1. The van der Waals surface area contributed by atoms with E-state index < -0.39 is 0 Å². The average molecular weight is 376 g/mol. The number of nitrogens with two attached hydrogens (primary N) is 1. The summed E-state index contributed by atoms with van der Waals surface area (Å²) >= 11 is 6.75. The second-order valence-corrected chi connectivity index (χ2v) is 6.39. The summed E-state index contributed by atoms with van der Waals surface area (Å²) < 4.78 is 1.58. The van der Waals surface area contributed by atoms with E-state index in [0.717, 1.165) is 40.3 Å². The molecule has 0 heterocycles. The molecule has 1 saturated carbocycles. The summed E-state index contributed by atoms with van der Waals surface area (Å²) in [6.07, 6.45) is 5.58. The number of hydrogen-bond donors (Lipinski definition) is 2. The third-order valence-electron chi connectivity index (χ3n) is 3.32. The third-order valence-corrected chi connectivity index (χ3v) is 4.63. The van der Waals surface area contributed by atoms with Gasteiger partial charge in [0.1, 0.15) is 0 Å². The number of nitrogens with one attached hydrogen (secondary N) is 1. The number of rotatable bonds is 2. The maximum Gasteiger partial charge on any atom is 0.227 e. The summed E-state index contributed by atoms with van der Waals surface area (Å²) in [7, 11) is 0. The van der Waals surface area contributed by atoms with Gasteiger partial charge >= 0.3 is 0 Å². The number of anilines is 2. The van der Waals surface area contributed by atoms with Gasteiger partial charge in [-0.05, 0) is 56.8 Å². The Morgan fingerprint density at radius 3 is 2.28 bits per heavy atom. The average Bonchev–Trinajstić information content (AvgIpc) is 2.37. The molecule has 0 atom stereocenters. The lowest BCUT2D eigenvalue weighted by Gasteiger charge is -2.21. The molecule has 0 radical (unpaired) electrons. The molecule has 1 aliphatic rings. The number of halogens is 2. The number of carbonyl (C=O) groups excluding carboxylic acids is 1. The van der Waals surface area contributed by atoms with Crippen molar-refractivity contribution in [2.24, 2.45) is 5.92 Å². The molecule has 1 aliphatic carbocycles. The lowest BCUT2D eigenvalue weighted by molar-refractivity contribution is -0.120. The normalized spacial score (nSPS) is 16.6. The summed E-state index contributed by atoms with van der Waals surface area (Å²) in [5.41, 5.74) is 7.24. The molecule has 3 nitrogen and oxygen atoms in total. The van der Waals surface area contributed by atoms with Crippen LogP contribution in [0.15, 0.2) is 21.1 Å². The Morgan fingerprint density at radius 2 is 1.72 bits per heavy atom. The topological polar surface area (TPSA) is 55.1 Å². The van der Waals surface area contributed by atoms with Gasteiger partial charge in [-0.3, -0.25) is 4.79 Å². The van der Waals surface area contributed by atoms with Crippen molar-refractivity contribution in [3.8, 4) is 0 Å². The summed E-state index contributed by atoms with van der Waals surface area (Å²) in [6.45, 7) is 0. The van der Waals surface area contributed by atoms with Crippen LogP contribution < -0.4 is 11.1 Å². The van der Waals surface area contributed by atoms with E-state index in [1.807, 2.05) is 12.1 Å². The van der Waals surface area contributed by atoms with E-state index in [4.69, 9.17) is 5.73 Å². The first kappa shape index (κ1) is 13.9. The van der Waals surface area contributed by atoms with Crippen LogP contribution in [0.4, 0.5) is 11.4 Å². The standard InChI is InChI=1S/C13H16Br2N2O/c14-10-6-9(7-11(15)12(10)16)17-13(18)8-4-2-1-3-5-8/h6-8H,1-5,16H2,(H,17,18). The van der Waals surface area contributed by atoms with Gasteiger partial charge in [0.05, 0.1) is 5.69 Å². The van der Waals surface area contributed by atoms with E-state index >= 15 is 0 Å². The van der Waals surface area contributed by atoms with Gasteiger partial charge in [-0.1, -0.05) is 19.3 Å². The molecule has 0 spiro atoms. The van der Waals surface area contributed by atoms with Crippen molar-refractivity contribution in [3.63, 3.8) is 0 Å². The molecule has 5 heteroatoms. The van der Waals surface area contributed by atoms with Gasteiger partial charge in [-0.15, -0.1) is 0 Å². The molecule has 0 unspecified atom stereocenters. The van der Waals surface area contributed by atoms with Crippen LogP contribution in [0.1, 0.15) is 32.1 Å². The molecule has 0 saturated heterocycles. The highest BCUT2D eigenvalue weighted by atomic mass is 79.9. The van der Waals surface area contributed by atoms with Crippen molar-refractivity contribution in [2.45, 2.75) is 32.1 Å². The van der Waals surface area contributed by atoms with Crippen LogP contribution in [-0.4, -0.2) is 5.91 Å². The minimum absolute atomic E-state index is 0.123. The second-order valence-electron chi connectivity index (χ2n) is 4.68. The maximum absolute atomic E-state index is 12.1. The first-order valence-electron chi connectivity index (χ1n) is 6.13. The van der Waals surface area contributed by atoms with Crippen molar-refractivity contribution < 1.29 is 4.79 Å². The molecule has 3 N–H and O–H groups in total. The summed E-state index contributed by atoms with van der Waals surface area (Å²) in [6, 6.07) is 3.67. The monoisotopic (exact) mass is 374 g/mol. The molecule has 1 aromatic carbocycles. The first-order chi connectivity index (χ1) is 8.58. The highest BCUT2D eigenvalue weighted by molar-refractivity contribution is 9.11. The molecular weight excluding hydrogens is 360 g/mol. The highest BCUT2D eigenvalue weighted by Gasteiger charge is 2.21. The maximum atomic E-state index is 12.1. The van der Waals surface area contributed by atoms with Crippen LogP contribution in [0.5, 0.6) is 0 Å². The van der Waals surface area contributed by atoms with E-state index in [9.17, 15) is 4.79 Å². The predicted molar refractivity (Wildman–Crippen MR) is 81.5 cm³/mol. The molecule has 2 rings (SSSR count). The Bertz CT molecular complexity index is 433. The SMILES string of the molecule is Nc1c(Br)cc(NC(=O)C2CCCCC2)cc1Br. The van der Waals surface area contributed by atoms with Crippen LogP contribution in [0.2, 0.25) is 0 Å². The fourth-order valence-electron chi connectivity index (χ4n) is 2.27. The molecule has 1 amide bonds. The van der Waals surface area contributed by atoms with Crippen molar-refractivity contribution in [2.75, 3.05) is 11.1 Å². The Hall–Kier alpha value is -0.550. The van der Waals surface area contributed by atoms with Crippen LogP contribution in [0.25, 0.3) is 0 Å². The van der Waals surface area contributed by atoms with Crippen molar-refractivity contribution in [3.05, 3.63) is 21.1 Å². The largest absolute Gasteiger partial charge is 0.397 e. The Kier molecular flexibility index (Phi) is 4.67. The van der Waals surface area contributed by atoms with E-state index in [-0.39, 0.29) is 11.8 Å². The van der Waals surface area contributed by atoms with E-state index in [1.165, 1.54) is 6.42 Å². The van der Waals surface area contributed by atoms with Gasteiger partial charge in [0.15, 0.2) is 0 Å². The van der Waals surface area contributed by atoms with Gasteiger partial charge in [0.2, 0.25) is 5.91 Å². The van der Waals surface area contributed by atoms with Crippen LogP contribution >= 0.6 is 31.9 Å². The molecule has 0 aliphatic heterocycles. The van der Waals surface area contributed by atoms with Gasteiger partial charge < -0.3 is 11.1 Å². The molecule has 98 valence electrons. The Morgan fingerprint density at radius 1 is 1.17 bits per heavy atom. The first-order valence-corrected chi connectivity index (χ1v) is 7.72. The zero-order chi connectivity index (χ0) is 13.1. The molecule has 1 fully saturated rings. The smallest absolute Gasteiger partial charge is 0.227 e. The van der Waals surface area contributed by atoms with Gasteiger partial charge in [-0.2, -0.15) is 0 Å². The molecule has 18 heavy (non-hydrogen) atoms. The number of benzene rings is 1. The number of nitrogen functional groups attached to an aromatic ring is 1. The molecule has 0 bridgehead atoms. The van der Waals surface area contributed by atoms with Gasteiger partial charge in [0.25, 0.3) is 0 Å². The molecule has 0 aromatic heterocycles. The fraction of sp³-hybridized carbons (Fsp3) is 0.462. The van der Waals surface area contributed by atoms with Crippen molar-refractivity contribution in [1.82, 2.24) is 0 Å². The molecular formula is C13H16Br2N2O. The second kappa shape index (κ2) is 6.06.